The zero-order valence-corrected chi connectivity index (χ0v) is 31.7. The summed E-state index contributed by atoms with van der Waals surface area (Å²) in [4.78, 5) is 25.5. The maximum Gasteiger partial charge on any atom is 0.164 e. The molecule has 266 valence electrons. The Labute approximate surface area is 333 Å². The van der Waals surface area contributed by atoms with Crippen molar-refractivity contribution in [3.8, 4) is 56.8 Å². The molecule has 0 fully saturated rings. The lowest BCUT2D eigenvalue weighted by atomic mass is 10.1. The van der Waals surface area contributed by atoms with Crippen molar-refractivity contribution in [2.45, 2.75) is 0 Å². The fraction of sp³-hybridized carbons (Fsp3) is 0. The Bertz CT molecular complexity index is 3540. The molecule has 7 aromatic carbocycles. The summed E-state index contributed by atoms with van der Waals surface area (Å²) in [7, 11) is 0. The van der Waals surface area contributed by atoms with Gasteiger partial charge in [-0.05, 0) is 48.5 Å². The molecule has 57 heavy (non-hydrogen) atoms. The van der Waals surface area contributed by atoms with Crippen LogP contribution in [0.4, 0.5) is 0 Å². The molecule has 0 saturated carbocycles. The summed E-state index contributed by atoms with van der Waals surface area (Å²) in [6.45, 7) is 0. The summed E-state index contributed by atoms with van der Waals surface area (Å²) in [6, 6.07) is 56.3. The molecular formula is C49H27N5OS2. The highest BCUT2D eigenvalue weighted by molar-refractivity contribution is 7.26. The lowest BCUT2D eigenvalue weighted by molar-refractivity contribution is 0.669. The van der Waals surface area contributed by atoms with Crippen molar-refractivity contribution in [3.63, 3.8) is 0 Å². The molecule has 12 aromatic rings. The molecule has 0 unspecified atom stereocenters. The highest BCUT2D eigenvalue weighted by Crippen LogP contribution is 2.41. The van der Waals surface area contributed by atoms with Crippen LogP contribution in [0.5, 0.6) is 0 Å². The van der Waals surface area contributed by atoms with Crippen molar-refractivity contribution in [2.24, 2.45) is 0 Å². The van der Waals surface area contributed by atoms with Gasteiger partial charge in [-0.2, -0.15) is 0 Å². The van der Waals surface area contributed by atoms with Gasteiger partial charge in [-0.1, -0.05) is 115 Å². The van der Waals surface area contributed by atoms with Crippen molar-refractivity contribution < 1.29 is 4.42 Å². The first-order chi connectivity index (χ1) is 28.2. The zero-order chi connectivity index (χ0) is 37.5. The van der Waals surface area contributed by atoms with E-state index in [0.29, 0.717) is 23.3 Å². The molecule has 12 rings (SSSR count). The smallest absolute Gasteiger partial charge is 0.164 e. The number of hydrogen-bond donors (Lipinski definition) is 0. The second kappa shape index (κ2) is 12.7. The number of aromatic nitrogens is 5. The van der Waals surface area contributed by atoms with E-state index in [2.05, 4.69) is 115 Å². The lowest BCUT2D eigenvalue weighted by Gasteiger charge is -2.09. The number of rotatable bonds is 5. The number of thiophene rings is 2. The lowest BCUT2D eigenvalue weighted by Crippen LogP contribution is -2.00. The van der Waals surface area contributed by atoms with Gasteiger partial charge in [-0.15, -0.1) is 22.7 Å². The second-order valence-electron chi connectivity index (χ2n) is 14.0. The highest BCUT2D eigenvalue weighted by Gasteiger charge is 2.19. The van der Waals surface area contributed by atoms with Gasteiger partial charge in [-0.25, -0.2) is 24.9 Å². The van der Waals surface area contributed by atoms with Crippen LogP contribution in [0.25, 0.3) is 119 Å². The normalized spacial score (nSPS) is 11.9. The van der Waals surface area contributed by atoms with Gasteiger partial charge in [0.25, 0.3) is 0 Å². The molecule has 0 aliphatic heterocycles. The third-order valence-corrected chi connectivity index (χ3v) is 12.9. The Hall–Kier alpha value is -7.13. The Kier molecular flexibility index (Phi) is 7.17. The Morgan fingerprint density at radius 2 is 0.895 bits per heavy atom. The summed E-state index contributed by atoms with van der Waals surface area (Å²) < 4.78 is 11.3. The van der Waals surface area contributed by atoms with E-state index in [1.165, 1.54) is 24.9 Å². The van der Waals surface area contributed by atoms with Gasteiger partial charge in [0.1, 0.15) is 11.2 Å². The maximum atomic E-state index is 6.51. The van der Waals surface area contributed by atoms with Gasteiger partial charge in [-0.3, -0.25) is 0 Å². The van der Waals surface area contributed by atoms with Crippen LogP contribution in [-0.2, 0) is 0 Å². The van der Waals surface area contributed by atoms with E-state index in [4.69, 9.17) is 29.3 Å². The van der Waals surface area contributed by atoms with Crippen LogP contribution in [0, 0.1) is 0 Å². The van der Waals surface area contributed by atoms with E-state index in [1.807, 2.05) is 48.5 Å². The van der Waals surface area contributed by atoms with E-state index in [-0.39, 0.29) is 0 Å². The Morgan fingerprint density at radius 1 is 0.333 bits per heavy atom. The van der Waals surface area contributed by atoms with Gasteiger partial charge >= 0.3 is 0 Å². The molecule has 0 amide bonds. The Balaban J connectivity index is 0.984. The molecule has 0 bridgehead atoms. The number of benzene rings is 7. The molecule has 0 saturated heterocycles. The molecule has 0 atom stereocenters. The van der Waals surface area contributed by atoms with E-state index >= 15 is 0 Å². The quantitative estimate of drug-likeness (QED) is 0.174. The third-order valence-electron chi connectivity index (χ3n) is 10.6. The zero-order valence-electron chi connectivity index (χ0n) is 30.0. The minimum Gasteiger partial charge on any atom is -0.456 e. The van der Waals surface area contributed by atoms with Gasteiger partial charge in [0.15, 0.2) is 23.3 Å². The molecule has 8 heteroatoms. The van der Waals surface area contributed by atoms with Crippen LogP contribution in [0.2, 0.25) is 0 Å². The van der Waals surface area contributed by atoms with Crippen LogP contribution >= 0.6 is 22.7 Å². The molecule has 5 heterocycles. The fourth-order valence-corrected chi connectivity index (χ4v) is 10.1. The van der Waals surface area contributed by atoms with Crippen molar-refractivity contribution in [1.29, 1.82) is 0 Å². The van der Waals surface area contributed by atoms with E-state index < -0.39 is 0 Å². The SMILES string of the molecule is c1ccc(-c2nc(-c3ccc4c(c3)sc3ccccc34)nc(-c3ccc4oc5cc(-c6nc(-c7ccccc7)c7sc8ccccc8c7n6)ccc5c4c3)n2)cc1. The minimum absolute atomic E-state index is 0.598. The first kappa shape index (κ1) is 32.1. The first-order valence-electron chi connectivity index (χ1n) is 18.7. The van der Waals surface area contributed by atoms with Gasteiger partial charge in [0.05, 0.1) is 15.9 Å². The van der Waals surface area contributed by atoms with Crippen LogP contribution in [-0.4, -0.2) is 24.9 Å². The molecule has 0 radical (unpaired) electrons. The van der Waals surface area contributed by atoms with Crippen molar-refractivity contribution in [2.75, 3.05) is 0 Å². The predicted octanol–water partition coefficient (Wildman–Crippen LogP) is 13.6. The van der Waals surface area contributed by atoms with Gasteiger partial charge in [0.2, 0.25) is 0 Å². The van der Waals surface area contributed by atoms with Crippen LogP contribution in [0.15, 0.2) is 168 Å². The Morgan fingerprint density at radius 3 is 1.67 bits per heavy atom. The molecule has 0 N–H and O–H groups in total. The van der Waals surface area contributed by atoms with Crippen LogP contribution < -0.4 is 0 Å². The molecule has 6 nitrogen and oxygen atoms in total. The summed E-state index contributed by atoms with van der Waals surface area (Å²) in [5.41, 5.74) is 8.15. The summed E-state index contributed by atoms with van der Waals surface area (Å²) in [5.74, 6) is 2.51. The van der Waals surface area contributed by atoms with E-state index in [9.17, 15) is 0 Å². The molecule has 0 aliphatic carbocycles. The van der Waals surface area contributed by atoms with Crippen molar-refractivity contribution >= 4 is 85.1 Å². The average Bonchev–Trinajstić information content (AvgIpc) is 3.97. The second-order valence-corrected chi connectivity index (χ2v) is 16.2. The summed E-state index contributed by atoms with van der Waals surface area (Å²) >= 11 is 3.52. The minimum atomic E-state index is 0.598. The molecule has 0 spiro atoms. The van der Waals surface area contributed by atoms with Gasteiger partial charge in [0, 0.05) is 68.8 Å². The average molecular weight is 766 g/mol. The monoisotopic (exact) mass is 765 g/mol. The third kappa shape index (κ3) is 5.33. The molecular weight excluding hydrogens is 739 g/mol. The molecule has 0 aliphatic rings. The number of fused-ring (bicyclic) bond motifs is 9. The largest absolute Gasteiger partial charge is 0.456 e. The topological polar surface area (TPSA) is 77.6 Å². The summed E-state index contributed by atoms with van der Waals surface area (Å²) in [5, 5.41) is 5.61. The fourth-order valence-electron chi connectivity index (χ4n) is 7.78. The standard InChI is InChI=1S/C49H27N5OS2/c1-3-11-28(12-4-1)43-45-44(36-16-8-10-18-41(36)57-45)51-47(50-43)31-19-22-33-37-25-30(21-24-38(37)55-39(33)26-31)48-52-46(29-13-5-2-6-14-29)53-49(54-48)32-20-23-35-34-15-7-9-17-40(34)56-42(35)27-32/h1-27H. The highest BCUT2D eigenvalue weighted by atomic mass is 32.1. The number of furan rings is 1. The molecule has 5 aromatic heterocycles. The van der Waals surface area contributed by atoms with Crippen LogP contribution in [0.1, 0.15) is 0 Å². The number of hydrogen-bond acceptors (Lipinski definition) is 8. The predicted molar refractivity (Wildman–Crippen MR) is 236 cm³/mol. The summed E-state index contributed by atoms with van der Waals surface area (Å²) in [6.07, 6.45) is 0. The van der Waals surface area contributed by atoms with Crippen molar-refractivity contribution in [1.82, 2.24) is 24.9 Å². The first-order valence-corrected chi connectivity index (χ1v) is 20.3. The van der Waals surface area contributed by atoms with E-state index in [1.54, 1.807) is 22.7 Å². The van der Waals surface area contributed by atoms with Crippen LogP contribution in [0.3, 0.4) is 0 Å². The van der Waals surface area contributed by atoms with Crippen molar-refractivity contribution in [3.05, 3.63) is 164 Å². The van der Waals surface area contributed by atoms with E-state index in [0.717, 1.165) is 71.1 Å². The van der Waals surface area contributed by atoms with Gasteiger partial charge < -0.3 is 4.42 Å². The number of nitrogens with zero attached hydrogens (tertiary/aromatic N) is 5. The maximum absolute atomic E-state index is 6.51.